The molecule has 1 aromatic heterocycles. The molecule has 7 heteroatoms. The molecule has 0 radical (unpaired) electrons. The summed E-state index contributed by atoms with van der Waals surface area (Å²) in [5, 5.41) is 2.77. The molecule has 2 heterocycles. The number of piperazine rings is 1. The number of benzene rings is 1. The van der Waals surface area contributed by atoms with E-state index in [0.29, 0.717) is 29.9 Å². The van der Waals surface area contributed by atoms with E-state index in [4.69, 9.17) is 0 Å². The predicted molar refractivity (Wildman–Crippen MR) is 102 cm³/mol. The first-order valence-corrected chi connectivity index (χ1v) is 8.80. The average molecular weight is 366 g/mol. The van der Waals surface area contributed by atoms with Crippen LogP contribution < -0.4 is 5.32 Å². The van der Waals surface area contributed by atoms with Crippen LogP contribution in [0.3, 0.4) is 0 Å². The van der Waals surface area contributed by atoms with E-state index in [0.717, 1.165) is 13.1 Å². The van der Waals surface area contributed by atoms with Crippen molar-refractivity contribution in [3.63, 3.8) is 0 Å². The van der Waals surface area contributed by atoms with Gasteiger partial charge in [0.25, 0.3) is 11.8 Å². The number of nitrogens with zero attached hydrogens (tertiary/aromatic N) is 3. The number of pyridine rings is 1. The molecule has 0 atom stereocenters. The van der Waals surface area contributed by atoms with Gasteiger partial charge in [0.05, 0.1) is 0 Å². The Labute approximate surface area is 158 Å². The van der Waals surface area contributed by atoms with Gasteiger partial charge in [0.1, 0.15) is 5.69 Å². The molecule has 1 aliphatic rings. The quantitative estimate of drug-likeness (QED) is 0.836. The van der Waals surface area contributed by atoms with E-state index in [9.17, 15) is 14.4 Å². The number of carbonyl (C=O) groups is 3. The van der Waals surface area contributed by atoms with E-state index in [1.807, 2.05) is 7.05 Å². The highest BCUT2D eigenvalue weighted by atomic mass is 16.2. The first-order chi connectivity index (χ1) is 12.9. The van der Waals surface area contributed by atoms with Crippen LogP contribution in [0, 0.1) is 0 Å². The predicted octanol–water partition coefficient (Wildman–Crippen LogP) is 1.92. The highest BCUT2D eigenvalue weighted by Gasteiger charge is 2.22. The number of likely N-dealkylation sites (N-methyl/N-ethyl adjacent to an activating group) is 1. The summed E-state index contributed by atoms with van der Waals surface area (Å²) in [4.78, 5) is 44.5. The molecule has 1 N–H and O–H groups in total. The maximum absolute atomic E-state index is 12.6. The molecule has 0 saturated carbocycles. The fraction of sp³-hybridized carbons (Fsp3) is 0.300. The monoisotopic (exact) mass is 366 g/mol. The van der Waals surface area contributed by atoms with Gasteiger partial charge in [0.2, 0.25) is 0 Å². The van der Waals surface area contributed by atoms with E-state index >= 15 is 0 Å². The SMILES string of the molecule is CC(=O)c1ccc(NC(=O)c2ccnc(C(=O)N3CCN(C)CC3)c2)cc1. The second-order valence-electron chi connectivity index (χ2n) is 6.61. The number of hydrogen-bond acceptors (Lipinski definition) is 5. The minimum Gasteiger partial charge on any atom is -0.335 e. The Balaban J connectivity index is 1.69. The maximum atomic E-state index is 12.6. The van der Waals surface area contributed by atoms with Crippen LogP contribution in [0.25, 0.3) is 0 Å². The normalized spacial score (nSPS) is 14.7. The van der Waals surface area contributed by atoms with Crippen molar-refractivity contribution in [1.29, 1.82) is 0 Å². The smallest absolute Gasteiger partial charge is 0.272 e. The van der Waals surface area contributed by atoms with Crippen LogP contribution in [-0.2, 0) is 0 Å². The van der Waals surface area contributed by atoms with Crippen LogP contribution in [0.5, 0.6) is 0 Å². The lowest BCUT2D eigenvalue weighted by molar-refractivity contribution is 0.0658. The number of ketones is 1. The summed E-state index contributed by atoms with van der Waals surface area (Å²) >= 11 is 0. The molecule has 1 saturated heterocycles. The molecule has 1 fully saturated rings. The molecule has 140 valence electrons. The lowest BCUT2D eigenvalue weighted by Gasteiger charge is -2.32. The summed E-state index contributed by atoms with van der Waals surface area (Å²) in [6, 6.07) is 9.75. The van der Waals surface area contributed by atoms with Gasteiger partial charge < -0.3 is 15.1 Å². The van der Waals surface area contributed by atoms with Gasteiger partial charge in [-0.15, -0.1) is 0 Å². The van der Waals surface area contributed by atoms with Crippen LogP contribution in [-0.4, -0.2) is 65.6 Å². The molecule has 27 heavy (non-hydrogen) atoms. The first-order valence-electron chi connectivity index (χ1n) is 8.80. The van der Waals surface area contributed by atoms with Gasteiger partial charge in [0, 0.05) is 49.2 Å². The second kappa shape index (κ2) is 8.09. The van der Waals surface area contributed by atoms with Crippen LogP contribution in [0.1, 0.15) is 38.1 Å². The summed E-state index contributed by atoms with van der Waals surface area (Å²) in [6.07, 6.45) is 1.47. The van der Waals surface area contributed by atoms with Crippen LogP contribution >= 0.6 is 0 Å². The van der Waals surface area contributed by atoms with E-state index in [1.54, 1.807) is 35.2 Å². The average Bonchev–Trinajstić information content (AvgIpc) is 2.68. The number of Topliss-reactive ketones (excluding diaryl/α,β-unsaturated/α-hetero) is 1. The van der Waals surface area contributed by atoms with Crippen molar-refractivity contribution in [3.8, 4) is 0 Å². The molecular weight excluding hydrogens is 344 g/mol. The van der Waals surface area contributed by atoms with Crippen molar-refractivity contribution in [2.75, 3.05) is 38.5 Å². The molecule has 1 aliphatic heterocycles. The summed E-state index contributed by atoms with van der Waals surface area (Å²) in [5.41, 5.74) is 1.78. The lowest BCUT2D eigenvalue weighted by atomic mass is 10.1. The molecule has 2 amide bonds. The highest BCUT2D eigenvalue weighted by molar-refractivity contribution is 6.06. The van der Waals surface area contributed by atoms with Gasteiger partial charge in [-0.1, -0.05) is 0 Å². The number of hydrogen-bond donors (Lipinski definition) is 1. The molecule has 0 aliphatic carbocycles. The Bertz CT molecular complexity index is 856. The highest BCUT2D eigenvalue weighted by Crippen LogP contribution is 2.13. The molecule has 2 aromatic rings. The molecule has 3 rings (SSSR count). The van der Waals surface area contributed by atoms with E-state index in [1.165, 1.54) is 19.2 Å². The Kier molecular flexibility index (Phi) is 5.61. The third-order valence-corrected chi connectivity index (χ3v) is 4.58. The van der Waals surface area contributed by atoms with Gasteiger partial charge in [-0.3, -0.25) is 19.4 Å². The van der Waals surface area contributed by atoms with Gasteiger partial charge in [-0.05, 0) is 50.4 Å². The largest absolute Gasteiger partial charge is 0.335 e. The molecular formula is C20H22N4O3. The molecule has 7 nitrogen and oxygen atoms in total. The van der Waals surface area contributed by atoms with Crippen LogP contribution in [0.4, 0.5) is 5.69 Å². The van der Waals surface area contributed by atoms with Crippen LogP contribution in [0.15, 0.2) is 42.6 Å². The zero-order valence-corrected chi connectivity index (χ0v) is 15.4. The Morgan fingerprint density at radius 3 is 2.26 bits per heavy atom. The lowest BCUT2D eigenvalue weighted by Crippen LogP contribution is -2.47. The fourth-order valence-electron chi connectivity index (χ4n) is 2.85. The van der Waals surface area contributed by atoms with Gasteiger partial charge in [0.15, 0.2) is 5.78 Å². The van der Waals surface area contributed by atoms with E-state index < -0.39 is 0 Å². The number of aromatic nitrogens is 1. The zero-order chi connectivity index (χ0) is 19.4. The Hall–Kier alpha value is -3.06. The summed E-state index contributed by atoms with van der Waals surface area (Å²) in [7, 11) is 2.02. The molecule has 1 aromatic carbocycles. The van der Waals surface area contributed by atoms with Gasteiger partial charge in [-0.2, -0.15) is 0 Å². The minimum atomic E-state index is -0.333. The third-order valence-electron chi connectivity index (χ3n) is 4.58. The molecule has 0 unspecified atom stereocenters. The zero-order valence-electron chi connectivity index (χ0n) is 15.4. The maximum Gasteiger partial charge on any atom is 0.272 e. The number of nitrogens with one attached hydrogen (secondary N) is 1. The van der Waals surface area contributed by atoms with Crippen molar-refractivity contribution < 1.29 is 14.4 Å². The fourth-order valence-corrected chi connectivity index (χ4v) is 2.85. The van der Waals surface area contributed by atoms with Crippen LogP contribution in [0.2, 0.25) is 0 Å². The summed E-state index contributed by atoms with van der Waals surface area (Å²) in [5.74, 6) is -0.530. The standard InChI is InChI=1S/C20H22N4O3/c1-14(25)15-3-5-17(6-4-15)22-19(26)16-7-8-21-18(13-16)20(27)24-11-9-23(2)10-12-24/h3-8,13H,9-12H2,1-2H3,(H,22,26). The van der Waals surface area contributed by atoms with Crippen molar-refractivity contribution in [1.82, 2.24) is 14.8 Å². The topological polar surface area (TPSA) is 82.6 Å². The van der Waals surface area contributed by atoms with Gasteiger partial charge in [-0.25, -0.2) is 0 Å². The van der Waals surface area contributed by atoms with E-state index in [2.05, 4.69) is 15.2 Å². The number of anilines is 1. The van der Waals surface area contributed by atoms with Crippen molar-refractivity contribution in [2.24, 2.45) is 0 Å². The first kappa shape index (κ1) is 18.7. The molecule has 0 bridgehead atoms. The number of amides is 2. The van der Waals surface area contributed by atoms with Crippen molar-refractivity contribution in [2.45, 2.75) is 6.92 Å². The number of carbonyl (C=O) groups excluding carboxylic acids is 3. The summed E-state index contributed by atoms with van der Waals surface area (Å²) in [6.45, 7) is 4.43. The summed E-state index contributed by atoms with van der Waals surface area (Å²) < 4.78 is 0. The van der Waals surface area contributed by atoms with Crippen molar-refractivity contribution >= 4 is 23.3 Å². The Morgan fingerprint density at radius 1 is 0.963 bits per heavy atom. The minimum absolute atomic E-state index is 0.0333. The molecule has 0 spiro atoms. The van der Waals surface area contributed by atoms with E-state index in [-0.39, 0.29) is 23.3 Å². The van der Waals surface area contributed by atoms with Crippen molar-refractivity contribution in [3.05, 3.63) is 59.4 Å². The third kappa shape index (κ3) is 4.57. The Morgan fingerprint density at radius 2 is 1.63 bits per heavy atom. The second-order valence-corrected chi connectivity index (χ2v) is 6.61. The van der Waals surface area contributed by atoms with Gasteiger partial charge >= 0.3 is 0 Å². The number of rotatable bonds is 4.